The van der Waals surface area contributed by atoms with Crippen molar-refractivity contribution in [1.82, 2.24) is 15.2 Å². The molecule has 0 spiro atoms. The zero-order chi connectivity index (χ0) is 13.0. The van der Waals surface area contributed by atoms with E-state index in [1.807, 2.05) is 24.6 Å². The second kappa shape index (κ2) is 6.51. The number of hydrogen-bond acceptors (Lipinski definition) is 7. The van der Waals surface area contributed by atoms with E-state index in [-0.39, 0.29) is 6.04 Å². The monoisotopic (exact) mass is 298 g/mol. The smallest absolute Gasteiger partial charge is 0.179 e. The standard InChI is InChI=1S/C11H14N4S3/c1-3-8(12)9-5-4-7(6-13-9)17-11-15-14-10(16-2)18-11/h4-6,8H,3,12H2,1-2H3/t8-/m0/s1. The zero-order valence-corrected chi connectivity index (χ0v) is 12.6. The molecule has 2 aromatic heterocycles. The number of nitrogens with two attached hydrogens (primary N) is 1. The number of nitrogens with zero attached hydrogens (tertiary/aromatic N) is 3. The lowest BCUT2D eigenvalue weighted by Gasteiger charge is -2.07. The summed E-state index contributed by atoms with van der Waals surface area (Å²) in [7, 11) is 0. The molecule has 2 rings (SSSR count). The predicted octanol–water partition coefficient (Wildman–Crippen LogP) is 3.22. The maximum absolute atomic E-state index is 5.93. The molecule has 0 aliphatic heterocycles. The van der Waals surface area contributed by atoms with E-state index >= 15 is 0 Å². The molecule has 0 amide bonds. The van der Waals surface area contributed by atoms with Crippen molar-refractivity contribution in [3.8, 4) is 0 Å². The predicted molar refractivity (Wildman–Crippen MR) is 77.3 cm³/mol. The van der Waals surface area contributed by atoms with Gasteiger partial charge in [-0.1, -0.05) is 41.8 Å². The molecule has 0 saturated carbocycles. The molecule has 0 fully saturated rings. The Bertz CT molecular complexity index is 497. The average molecular weight is 298 g/mol. The summed E-state index contributed by atoms with van der Waals surface area (Å²) in [5.74, 6) is 0. The van der Waals surface area contributed by atoms with Gasteiger partial charge in [-0.15, -0.1) is 10.2 Å². The van der Waals surface area contributed by atoms with Crippen molar-refractivity contribution in [3.63, 3.8) is 0 Å². The third-order valence-corrected chi connectivity index (χ3v) is 5.27. The van der Waals surface area contributed by atoms with Crippen molar-refractivity contribution in [2.45, 2.75) is 33.0 Å². The Morgan fingerprint density at radius 2 is 2.11 bits per heavy atom. The van der Waals surface area contributed by atoms with E-state index in [9.17, 15) is 0 Å². The van der Waals surface area contributed by atoms with E-state index in [4.69, 9.17) is 5.73 Å². The zero-order valence-electron chi connectivity index (χ0n) is 10.2. The minimum Gasteiger partial charge on any atom is -0.323 e. The normalized spacial score (nSPS) is 12.6. The van der Waals surface area contributed by atoms with Crippen LogP contribution in [0, 0.1) is 0 Å². The van der Waals surface area contributed by atoms with Crippen molar-refractivity contribution in [1.29, 1.82) is 0 Å². The molecule has 0 saturated heterocycles. The van der Waals surface area contributed by atoms with Gasteiger partial charge < -0.3 is 5.73 Å². The number of rotatable bonds is 5. The third-order valence-electron chi connectivity index (χ3n) is 2.35. The highest BCUT2D eigenvalue weighted by atomic mass is 32.2. The first kappa shape index (κ1) is 13.8. The van der Waals surface area contributed by atoms with Crippen LogP contribution in [0.3, 0.4) is 0 Å². The summed E-state index contributed by atoms with van der Waals surface area (Å²) < 4.78 is 1.92. The minimum atomic E-state index is 0.0219. The Kier molecular flexibility index (Phi) is 4.99. The van der Waals surface area contributed by atoms with Gasteiger partial charge in [0.1, 0.15) is 0 Å². The van der Waals surface area contributed by atoms with Crippen LogP contribution in [0.5, 0.6) is 0 Å². The fraction of sp³-hybridized carbons (Fsp3) is 0.364. The summed E-state index contributed by atoms with van der Waals surface area (Å²) in [5.41, 5.74) is 6.86. The molecule has 0 aliphatic rings. The fourth-order valence-electron chi connectivity index (χ4n) is 1.30. The maximum atomic E-state index is 5.93. The molecule has 18 heavy (non-hydrogen) atoms. The Morgan fingerprint density at radius 3 is 2.67 bits per heavy atom. The van der Waals surface area contributed by atoms with Gasteiger partial charge in [0, 0.05) is 17.1 Å². The van der Waals surface area contributed by atoms with Crippen LogP contribution in [-0.2, 0) is 0 Å². The second-order valence-electron chi connectivity index (χ2n) is 3.57. The number of aromatic nitrogens is 3. The van der Waals surface area contributed by atoms with Crippen LogP contribution in [0.2, 0.25) is 0 Å². The fourth-order valence-corrected chi connectivity index (χ4v) is 3.68. The number of hydrogen-bond donors (Lipinski definition) is 1. The topological polar surface area (TPSA) is 64.7 Å². The summed E-state index contributed by atoms with van der Waals surface area (Å²) in [4.78, 5) is 5.44. The van der Waals surface area contributed by atoms with Gasteiger partial charge in [-0.05, 0) is 24.8 Å². The van der Waals surface area contributed by atoms with Crippen LogP contribution < -0.4 is 5.73 Å². The van der Waals surface area contributed by atoms with Gasteiger partial charge in [-0.25, -0.2) is 0 Å². The highest BCUT2D eigenvalue weighted by Crippen LogP contribution is 2.32. The Hall–Kier alpha value is -0.630. The van der Waals surface area contributed by atoms with Crippen molar-refractivity contribution >= 4 is 34.9 Å². The van der Waals surface area contributed by atoms with Crippen molar-refractivity contribution in [2.75, 3.05) is 6.26 Å². The highest BCUT2D eigenvalue weighted by Gasteiger charge is 2.07. The third kappa shape index (κ3) is 3.44. The molecule has 96 valence electrons. The first-order valence-corrected chi connectivity index (χ1v) is 8.35. The molecule has 0 aromatic carbocycles. The average Bonchev–Trinajstić information content (AvgIpc) is 2.86. The van der Waals surface area contributed by atoms with E-state index in [1.54, 1.807) is 34.9 Å². The Balaban J connectivity index is 2.06. The SMILES string of the molecule is CC[C@H](N)c1ccc(Sc2nnc(SC)s2)cn1. The van der Waals surface area contributed by atoms with Crippen molar-refractivity contribution in [3.05, 3.63) is 24.0 Å². The molecule has 2 N–H and O–H groups in total. The summed E-state index contributed by atoms with van der Waals surface area (Å²) in [6.45, 7) is 2.06. The molecule has 7 heteroatoms. The molecule has 0 aliphatic carbocycles. The number of pyridine rings is 1. The molecule has 0 unspecified atom stereocenters. The van der Waals surface area contributed by atoms with E-state index < -0.39 is 0 Å². The summed E-state index contributed by atoms with van der Waals surface area (Å²) in [6.07, 6.45) is 4.74. The molecule has 2 aromatic rings. The van der Waals surface area contributed by atoms with Gasteiger partial charge in [-0.2, -0.15) is 0 Å². The Labute approximate surface area is 119 Å². The maximum Gasteiger partial charge on any atom is 0.179 e. The second-order valence-corrected chi connectivity index (χ2v) is 6.93. The molecule has 1 atom stereocenters. The van der Waals surface area contributed by atoms with Crippen LogP contribution in [0.1, 0.15) is 25.1 Å². The Morgan fingerprint density at radius 1 is 1.33 bits per heavy atom. The van der Waals surface area contributed by atoms with Gasteiger partial charge in [0.2, 0.25) is 0 Å². The van der Waals surface area contributed by atoms with E-state index in [0.717, 1.165) is 25.7 Å². The van der Waals surface area contributed by atoms with E-state index in [0.29, 0.717) is 0 Å². The van der Waals surface area contributed by atoms with E-state index in [1.165, 1.54) is 0 Å². The van der Waals surface area contributed by atoms with Gasteiger partial charge >= 0.3 is 0 Å². The molecular formula is C11H14N4S3. The lowest BCUT2D eigenvalue weighted by molar-refractivity contribution is 0.674. The minimum absolute atomic E-state index is 0.0219. The summed E-state index contributed by atoms with van der Waals surface area (Å²) >= 11 is 4.78. The van der Waals surface area contributed by atoms with Gasteiger partial charge in [0.05, 0.1) is 5.69 Å². The van der Waals surface area contributed by atoms with Crippen molar-refractivity contribution in [2.24, 2.45) is 5.73 Å². The first-order valence-electron chi connectivity index (χ1n) is 5.49. The first-order chi connectivity index (χ1) is 8.72. The largest absolute Gasteiger partial charge is 0.323 e. The molecule has 2 heterocycles. The van der Waals surface area contributed by atoms with Gasteiger partial charge in [0.15, 0.2) is 8.68 Å². The lowest BCUT2D eigenvalue weighted by Crippen LogP contribution is -2.10. The molecule has 4 nitrogen and oxygen atoms in total. The molecule has 0 bridgehead atoms. The van der Waals surface area contributed by atoms with Crippen LogP contribution >= 0.6 is 34.9 Å². The van der Waals surface area contributed by atoms with Gasteiger partial charge in [-0.3, -0.25) is 4.98 Å². The van der Waals surface area contributed by atoms with Gasteiger partial charge in [0.25, 0.3) is 0 Å². The lowest BCUT2D eigenvalue weighted by atomic mass is 10.1. The van der Waals surface area contributed by atoms with Crippen LogP contribution in [0.15, 0.2) is 31.9 Å². The van der Waals surface area contributed by atoms with E-state index in [2.05, 4.69) is 22.1 Å². The summed E-state index contributed by atoms with van der Waals surface area (Å²) in [6, 6.07) is 4.03. The number of thioether (sulfide) groups is 1. The van der Waals surface area contributed by atoms with Crippen molar-refractivity contribution < 1.29 is 0 Å². The van der Waals surface area contributed by atoms with Crippen LogP contribution in [0.4, 0.5) is 0 Å². The quantitative estimate of drug-likeness (QED) is 0.855. The molecule has 0 radical (unpaired) electrons. The van der Waals surface area contributed by atoms with Crippen LogP contribution in [0.25, 0.3) is 0 Å². The highest BCUT2D eigenvalue weighted by molar-refractivity contribution is 8.03. The van der Waals surface area contributed by atoms with Crippen LogP contribution in [-0.4, -0.2) is 21.4 Å². The summed E-state index contributed by atoms with van der Waals surface area (Å²) in [5, 5.41) is 8.17. The molecular weight excluding hydrogens is 284 g/mol.